The van der Waals surface area contributed by atoms with Gasteiger partial charge in [-0.05, 0) is 19.9 Å². The highest BCUT2D eigenvalue weighted by Crippen LogP contribution is 2.34. The molecule has 6 nitrogen and oxygen atoms in total. The van der Waals surface area contributed by atoms with Crippen LogP contribution in [0.5, 0.6) is 0 Å². The van der Waals surface area contributed by atoms with Crippen molar-refractivity contribution in [3.63, 3.8) is 0 Å². The summed E-state index contributed by atoms with van der Waals surface area (Å²) in [6.45, 7) is 3.30. The molecular weight excluding hydrogens is 350 g/mol. The van der Waals surface area contributed by atoms with Gasteiger partial charge in [-0.1, -0.05) is 29.8 Å². The summed E-state index contributed by atoms with van der Waals surface area (Å²) in [5, 5.41) is 8.79. The number of carbonyl (C=O) groups excluding carboxylic acids is 3. The highest BCUT2D eigenvalue weighted by atomic mass is 35.5. The Morgan fingerprint density at radius 2 is 1.75 bits per heavy atom. The van der Waals surface area contributed by atoms with Gasteiger partial charge in [0.25, 0.3) is 5.91 Å². The summed E-state index contributed by atoms with van der Waals surface area (Å²) < 4.78 is 0.905. The SMILES string of the molecule is CC(C)NC(=O)CNC(=O)CNC(=O)c1sc2ccccc2c1Cl. The molecule has 0 saturated heterocycles. The Kier molecular flexibility index (Phi) is 6.16. The van der Waals surface area contributed by atoms with Gasteiger partial charge in [0.1, 0.15) is 4.88 Å². The lowest BCUT2D eigenvalue weighted by atomic mass is 10.2. The third kappa shape index (κ3) is 4.69. The minimum Gasteiger partial charge on any atom is -0.352 e. The molecule has 128 valence electrons. The van der Waals surface area contributed by atoms with E-state index < -0.39 is 11.8 Å². The van der Waals surface area contributed by atoms with Gasteiger partial charge in [-0.15, -0.1) is 11.3 Å². The molecule has 0 aliphatic carbocycles. The zero-order chi connectivity index (χ0) is 17.7. The Morgan fingerprint density at radius 1 is 1.08 bits per heavy atom. The summed E-state index contributed by atoms with van der Waals surface area (Å²) in [6.07, 6.45) is 0. The van der Waals surface area contributed by atoms with Crippen LogP contribution in [0.3, 0.4) is 0 Å². The number of hydrogen-bond donors (Lipinski definition) is 3. The molecule has 1 aromatic heterocycles. The molecule has 24 heavy (non-hydrogen) atoms. The smallest absolute Gasteiger partial charge is 0.263 e. The van der Waals surface area contributed by atoms with Gasteiger partial charge in [-0.3, -0.25) is 14.4 Å². The van der Waals surface area contributed by atoms with E-state index in [4.69, 9.17) is 11.6 Å². The summed E-state index contributed by atoms with van der Waals surface area (Å²) >= 11 is 7.48. The van der Waals surface area contributed by atoms with Crippen LogP contribution in [0.1, 0.15) is 23.5 Å². The van der Waals surface area contributed by atoms with Crippen LogP contribution >= 0.6 is 22.9 Å². The van der Waals surface area contributed by atoms with Crippen LogP contribution in [-0.4, -0.2) is 36.9 Å². The van der Waals surface area contributed by atoms with Crippen LogP contribution in [0.25, 0.3) is 10.1 Å². The quantitative estimate of drug-likeness (QED) is 0.729. The second kappa shape index (κ2) is 8.12. The second-order valence-electron chi connectivity index (χ2n) is 5.42. The number of hydrogen-bond acceptors (Lipinski definition) is 4. The molecule has 0 unspecified atom stereocenters. The number of benzene rings is 1. The largest absolute Gasteiger partial charge is 0.352 e. The number of thiophene rings is 1. The molecule has 2 rings (SSSR count). The molecule has 8 heteroatoms. The Bertz CT molecular complexity index is 773. The minimum atomic E-state index is -0.445. The number of amides is 3. The number of carbonyl (C=O) groups is 3. The molecular formula is C16H18ClN3O3S. The van der Waals surface area contributed by atoms with Crippen LogP contribution in [0.4, 0.5) is 0 Å². The van der Waals surface area contributed by atoms with Crippen molar-refractivity contribution in [2.24, 2.45) is 0 Å². The first kappa shape index (κ1) is 18.2. The van der Waals surface area contributed by atoms with Crippen LogP contribution in [0.2, 0.25) is 5.02 Å². The van der Waals surface area contributed by atoms with Crippen molar-refractivity contribution < 1.29 is 14.4 Å². The molecule has 3 N–H and O–H groups in total. The van der Waals surface area contributed by atoms with Gasteiger partial charge in [0, 0.05) is 16.1 Å². The van der Waals surface area contributed by atoms with Crippen molar-refractivity contribution in [1.82, 2.24) is 16.0 Å². The van der Waals surface area contributed by atoms with Gasteiger partial charge in [0.05, 0.1) is 18.1 Å². The maximum atomic E-state index is 12.2. The van der Waals surface area contributed by atoms with Gasteiger partial charge in [-0.25, -0.2) is 0 Å². The van der Waals surface area contributed by atoms with Crippen LogP contribution < -0.4 is 16.0 Å². The molecule has 3 amide bonds. The van der Waals surface area contributed by atoms with Crippen molar-refractivity contribution in [1.29, 1.82) is 0 Å². The normalized spacial score (nSPS) is 10.7. The van der Waals surface area contributed by atoms with Gasteiger partial charge in [0.15, 0.2) is 0 Å². The van der Waals surface area contributed by atoms with Gasteiger partial charge >= 0.3 is 0 Å². The maximum absolute atomic E-state index is 12.2. The van der Waals surface area contributed by atoms with Crippen LogP contribution in [0.15, 0.2) is 24.3 Å². The fourth-order valence-corrected chi connectivity index (χ4v) is 3.45. The fourth-order valence-electron chi connectivity index (χ4n) is 2.02. The summed E-state index contributed by atoms with van der Waals surface area (Å²) in [5.41, 5.74) is 0. The number of nitrogens with one attached hydrogen (secondary N) is 3. The Morgan fingerprint density at radius 3 is 2.42 bits per heavy atom. The lowest BCUT2D eigenvalue weighted by Crippen LogP contribution is -2.43. The van der Waals surface area contributed by atoms with E-state index in [9.17, 15) is 14.4 Å². The first-order valence-electron chi connectivity index (χ1n) is 7.39. The first-order valence-corrected chi connectivity index (χ1v) is 8.59. The number of rotatable bonds is 6. The molecule has 1 heterocycles. The molecule has 0 aliphatic heterocycles. The van der Waals surface area contributed by atoms with Crippen molar-refractivity contribution in [2.45, 2.75) is 19.9 Å². The lowest BCUT2D eigenvalue weighted by Gasteiger charge is -2.09. The summed E-state index contributed by atoms with van der Waals surface area (Å²) in [6, 6.07) is 7.43. The lowest BCUT2D eigenvalue weighted by molar-refractivity contribution is -0.125. The van der Waals surface area contributed by atoms with E-state index in [1.54, 1.807) is 0 Å². The highest BCUT2D eigenvalue weighted by Gasteiger charge is 2.17. The highest BCUT2D eigenvalue weighted by molar-refractivity contribution is 7.21. The molecule has 0 saturated carbocycles. The standard InChI is InChI=1S/C16H18ClN3O3S/c1-9(2)20-13(22)8-18-12(21)7-19-16(23)15-14(17)10-5-3-4-6-11(10)24-15/h3-6,9H,7-8H2,1-2H3,(H,18,21)(H,19,23)(H,20,22). The molecule has 2 aromatic rings. The van der Waals surface area contributed by atoms with Gasteiger partial charge in [0.2, 0.25) is 11.8 Å². The maximum Gasteiger partial charge on any atom is 0.263 e. The van der Waals surface area contributed by atoms with E-state index in [2.05, 4.69) is 16.0 Å². The second-order valence-corrected chi connectivity index (χ2v) is 6.85. The average Bonchev–Trinajstić information content (AvgIpc) is 2.87. The van der Waals surface area contributed by atoms with Crippen molar-refractivity contribution in [2.75, 3.05) is 13.1 Å². The number of halogens is 1. The Labute approximate surface area is 148 Å². The number of fused-ring (bicyclic) bond motifs is 1. The summed E-state index contributed by atoms with van der Waals surface area (Å²) in [4.78, 5) is 35.7. The average molecular weight is 368 g/mol. The molecule has 0 atom stereocenters. The third-order valence-corrected chi connectivity index (χ3v) is 4.72. The van der Waals surface area contributed by atoms with E-state index in [0.29, 0.717) is 9.90 Å². The van der Waals surface area contributed by atoms with Gasteiger partial charge < -0.3 is 16.0 Å². The molecule has 0 fully saturated rings. The zero-order valence-electron chi connectivity index (χ0n) is 13.3. The summed E-state index contributed by atoms with van der Waals surface area (Å²) in [7, 11) is 0. The molecule has 0 aliphatic rings. The molecule has 0 radical (unpaired) electrons. The molecule has 0 bridgehead atoms. The Hall–Kier alpha value is -2.12. The molecule has 0 spiro atoms. The van der Waals surface area contributed by atoms with Crippen LogP contribution in [0, 0.1) is 0 Å². The Balaban J connectivity index is 1.87. The van der Waals surface area contributed by atoms with E-state index in [-0.39, 0.29) is 25.0 Å². The van der Waals surface area contributed by atoms with E-state index in [1.807, 2.05) is 38.1 Å². The van der Waals surface area contributed by atoms with Crippen LogP contribution in [-0.2, 0) is 9.59 Å². The molecule has 1 aromatic carbocycles. The van der Waals surface area contributed by atoms with Crippen molar-refractivity contribution in [3.05, 3.63) is 34.2 Å². The van der Waals surface area contributed by atoms with E-state index >= 15 is 0 Å². The minimum absolute atomic E-state index is 0.00390. The third-order valence-electron chi connectivity index (χ3n) is 3.05. The topological polar surface area (TPSA) is 87.3 Å². The summed E-state index contributed by atoms with van der Waals surface area (Å²) in [5.74, 6) is -1.14. The predicted molar refractivity (Wildman–Crippen MR) is 95.5 cm³/mol. The van der Waals surface area contributed by atoms with E-state index in [1.165, 1.54) is 11.3 Å². The van der Waals surface area contributed by atoms with Crippen molar-refractivity contribution >= 4 is 50.7 Å². The first-order chi connectivity index (χ1) is 11.4. The zero-order valence-corrected chi connectivity index (χ0v) is 14.9. The van der Waals surface area contributed by atoms with Gasteiger partial charge in [-0.2, -0.15) is 0 Å². The predicted octanol–water partition coefficient (Wildman–Crippen LogP) is 1.93. The van der Waals surface area contributed by atoms with Crippen molar-refractivity contribution in [3.8, 4) is 0 Å². The van der Waals surface area contributed by atoms with E-state index in [0.717, 1.165) is 10.1 Å². The monoisotopic (exact) mass is 367 g/mol. The fraction of sp³-hybridized carbons (Fsp3) is 0.312.